The number of amidine groups is 1. The first-order valence-corrected chi connectivity index (χ1v) is 13.9. The summed E-state index contributed by atoms with van der Waals surface area (Å²) >= 11 is 1.84. The van der Waals surface area contributed by atoms with E-state index < -0.39 is 0 Å². The molecule has 0 aromatic heterocycles. The summed E-state index contributed by atoms with van der Waals surface area (Å²) < 4.78 is 0. The summed E-state index contributed by atoms with van der Waals surface area (Å²) in [5.74, 6) is 3.50. The first-order valence-electron chi connectivity index (χ1n) is 12.9. The van der Waals surface area contributed by atoms with Gasteiger partial charge in [0.1, 0.15) is 0 Å². The number of aliphatic hydroxyl groups is 2. The highest BCUT2D eigenvalue weighted by molar-refractivity contribution is 8.14. The third-order valence-corrected chi connectivity index (χ3v) is 9.39. The minimum atomic E-state index is -0.0345. The van der Waals surface area contributed by atoms with Crippen LogP contribution in [0.3, 0.4) is 0 Å². The van der Waals surface area contributed by atoms with Crippen molar-refractivity contribution in [2.75, 3.05) is 17.6 Å². The summed E-state index contributed by atoms with van der Waals surface area (Å²) in [7, 11) is 0. The fraction of sp³-hybridized carbons (Fsp3) is 0.630. The largest absolute Gasteiger partial charge is 0.515 e. The summed E-state index contributed by atoms with van der Waals surface area (Å²) in [6.45, 7) is 3.17. The predicted molar refractivity (Wildman–Crippen MR) is 139 cm³/mol. The Hall–Kier alpha value is -2.15. The van der Waals surface area contributed by atoms with Gasteiger partial charge < -0.3 is 20.4 Å². The second-order valence-corrected chi connectivity index (χ2v) is 11.9. The molecule has 1 saturated heterocycles. The lowest BCUT2D eigenvalue weighted by molar-refractivity contribution is -0.116. The molecule has 6 rings (SSSR count). The molecule has 1 atom stereocenters. The van der Waals surface area contributed by atoms with Crippen LogP contribution in [-0.4, -0.2) is 50.1 Å². The van der Waals surface area contributed by atoms with Gasteiger partial charge in [0.05, 0.1) is 18.1 Å². The van der Waals surface area contributed by atoms with Gasteiger partial charge in [-0.05, 0) is 80.9 Å². The number of carbonyl (C=O) groups excluding carboxylic acids is 1. The van der Waals surface area contributed by atoms with Crippen LogP contribution in [0, 0.1) is 17.8 Å². The molecular formula is C27H37N3O3S. The Kier molecular flexibility index (Phi) is 6.83. The van der Waals surface area contributed by atoms with Crippen molar-refractivity contribution >= 4 is 41.0 Å². The molecule has 34 heavy (non-hydrogen) atoms. The van der Waals surface area contributed by atoms with Gasteiger partial charge in [0.15, 0.2) is 5.17 Å². The van der Waals surface area contributed by atoms with Gasteiger partial charge in [-0.1, -0.05) is 25.1 Å². The second kappa shape index (κ2) is 9.84. The van der Waals surface area contributed by atoms with E-state index in [1.54, 1.807) is 18.2 Å². The van der Waals surface area contributed by atoms with Crippen LogP contribution in [0.2, 0.25) is 0 Å². The van der Waals surface area contributed by atoms with E-state index >= 15 is 0 Å². The van der Waals surface area contributed by atoms with Crippen molar-refractivity contribution in [1.82, 2.24) is 4.90 Å². The molecule has 4 bridgehead atoms. The molecule has 184 valence electrons. The molecule has 1 amide bonds. The van der Waals surface area contributed by atoms with Crippen LogP contribution in [0.5, 0.6) is 0 Å². The van der Waals surface area contributed by atoms with Crippen molar-refractivity contribution in [1.29, 1.82) is 0 Å². The van der Waals surface area contributed by atoms with E-state index in [4.69, 9.17) is 4.99 Å². The number of anilines is 1. The maximum absolute atomic E-state index is 12.9. The molecule has 1 aliphatic heterocycles. The van der Waals surface area contributed by atoms with Crippen LogP contribution in [0.1, 0.15) is 64.7 Å². The van der Waals surface area contributed by atoms with Crippen LogP contribution < -0.4 is 15.8 Å². The first-order chi connectivity index (χ1) is 16.5. The molecule has 0 radical (unpaired) electrons. The number of nitrogens with one attached hydrogen (secondary N) is 1. The Morgan fingerprint density at radius 3 is 2.44 bits per heavy atom. The number of aliphatic hydroxyl groups excluding tert-OH is 2. The molecule has 3 N–H and O–H groups in total. The van der Waals surface area contributed by atoms with Gasteiger partial charge >= 0.3 is 0 Å². The van der Waals surface area contributed by atoms with E-state index in [0.29, 0.717) is 22.5 Å². The van der Waals surface area contributed by atoms with Gasteiger partial charge in [0.25, 0.3) is 0 Å². The number of carbonyl (C=O) groups is 1. The van der Waals surface area contributed by atoms with Crippen LogP contribution >= 0.6 is 11.8 Å². The molecule has 1 aromatic carbocycles. The number of benzene rings is 1. The molecule has 4 aliphatic carbocycles. The molecule has 0 spiro atoms. The lowest BCUT2D eigenvalue weighted by Gasteiger charge is -2.55. The molecular weight excluding hydrogens is 446 g/mol. The van der Waals surface area contributed by atoms with E-state index in [9.17, 15) is 15.0 Å². The van der Waals surface area contributed by atoms with Crippen molar-refractivity contribution in [2.24, 2.45) is 22.7 Å². The average molecular weight is 484 g/mol. The molecule has 6 nitrogen and oxygen atoms in total. The van der Waals surface area contributed by atoms with Gasteiger partial charge in [0.2, 0.25) is 5.91 Å². The van der Waals surface area contributed by atoms with Crippen molar-refractivity contribution in [3.63, 3.8) is 0 Å². The number of hydrogen-bond acceptors (Lipinski definition) is 5. The van der Waals surface area contributed by atoms with Crippen molar-refractivity contribution in [3.8, 4) is 0 Å². The Labute approximate surface area is 206 Å². The smallest absolute Gasteiger partial charge is 0.226 e. The number of rotatable bonds is 7. The molecule has 5 aliphatic rings. The highest BCUT2D eigenvalue weighted by Crippen LogP contribution is 2.57. The van der Waals surface area contributed by atoms with Crippen LogP contribution in [0.15, 0.2) is 23.2 Å². The van der Waals surface area contributed by atoms with Gasteiger partial charge in [0, 0.05) is 40.9 Å². The van der Waals surface area contributed by atoms with Crippen LogP contribution in [0.25, 0.3) is 12.5 Å². The van der Waals surface area contributed by atoms with Gasteiger partial charge in [-0.25, -0.2) is 0 Å². The summed E-state index contributed by atoms with van der Waals surface area (Å²) in [4.78, 5) is 20.9. The van der Waals surface area contributed by atoms with Crippen LogP contribution in [0.4, 0.5) is 5.69 Å². The lowest BCUT2D eigenvalue weighted by Crippen LogP contribution is -2.50. The quantitative estimate of drug-likeness (QED) is 0.543. The molecule has 7 heteroatoms. The first kappa shape index (κ1) is 23.6. The number of hydrogen-bond donors (Lipinski definition) is 3. The normalized spacial score (nSPS) is 34.4. The zero-order valence-corrected chi connectivity index (χ0v) is 20.9. The van der Waals surface area contributed by atoms with E-state index in [1.165, 1.54) is 43.7 Å². The summed E-state index contributed by atoms with van der Waals surface area (Å²) in [5.41, 5.74) is 0.769. The van der Waals surface area contributed by atoms with E-state index in [0.717, 1.165) is 55.4 Å². The monoisotopic (exact) mass is 483 g/mol. The van der Waals surface area contributed by atoms with E-state index in [-0.39, 0.29) is 17.5 Å². The number of thioether (sulfide) groups is 1. The fourth-order valence-electron chi connectivity index (χ4n) is 7.08. The number of unbranched alkanes of at least 4 members (excludes halogenated alkanes) is 1. The van der Waals surface area contributed by atoms with Crippen molar-refractivity contribution in [3.05, 3.63) is 28.6 Å². The minimum Gasteiger partial charge on any atom is -0.515 e. The molecule has 4 saturated carbocycles. The predicted octanol–water partition coefficient (Wildman–Crippen LogP) is 4.15. The number of nitrogens with zero attached hydrogens (tertiary/aromatic N) is 2. The van der Waals surface area contributed by atoms with Gasteiger partial charge in [-0.15, -0.1) is 0 Å². The maximum Gasteiger partial charge on any atom is 0.226 e. The van der Waals surface area contributed by atoms with Crippen molar-refractivity contribution < 1.29 is 15.0 Å². The Balaban J connectivity index is 1.29. The SMILES string of the molecule is CCCCN1C(=NC23CC4CC(CC(C4)C2)C3)SCC1CC(=O)Nc1ccc(=CO)c(=CO)c1. The molecule has 1 unspecified atom stereocenters. The fourth-order valence-corrected chi connectivity index (χ4v) is 8.39. The highest BCUT2D eigenvalue weighted by atomic mass is 32.2. The Morgan fingerprint density at radius 2 is 1.82 bits per heavy atom. The Morgan fingerprint density at radius 1 is 1.15 bits per heavy atom. The van der Waals surface area contributed by atoms with Crippen molar-refractivity contribution in [2.45, 2.75) is 76.3 Å². The average Bonchev–Trinajstić information content (AvgIpc) is 3.16. The zero-order valence-electron chi connectivity index (χ0n) is 20.1. The third kappa shape index (κ3) is 4.81. The second-order valence-electron chi connectivity index (χ2n) is 10.9. The molecule has 1 aromatic rings. The van der Waals surface area contributed by atoms with Gasteiger partial charge in [-0.3, -0.25) is 9.79 Å². The number of aliphatic imine (C=N–C) groups is 1. The van der Waals surface area contributed by atoms with Crippen LogP contribution in [-0.2, 0) is 4.79 Å². The summed E-state index contributed by atoms with van der Waals surface area (Å²) in [5, 5.41) is 23.8. The lowest BCUT2D eigenvalue weighted by atomic mass is 9.53. The Bertz CT molecular complexity index is 1030. The summed E-state index contributed by atoms with van der Waals surface area (Å²) in [6.07, 6.45) is 12.6. The molecule has 1 heterocycles. The minimum absolute atomic E-state index is 0.0345. The maximum atomic E-state index is 12.9. The molecule has 5 fully saturated rings. The topological polar surface area (TPSA) is 85.2 Å². The number of amides is 1. The van der Waals surface area contributed by atoms with E-state index in [1.807, 2.05) is 11.8 Å². The third-order valence-electron chi connectivity index (χ3n) is 8.25. The van der Waals surface area contributed by atoms with E-state index in [2.05, 4.69) is 17.1 Å². The summed E-state index contributed by atoms with van der Waals surface area (Å²) in [6, 6.07) is 5.23. The zero-order chi connectivity index (χ0) is 23.7. The standard InChI is InChI=1S/C27H37N3O3S/c1-2-3-6-30-24(11-25(33)28-23-5-4-21(15-31)22(10-23)16-32)17-34-26(30)29-27-12-18-7-19(13-27)9-20(8-18)14-27/h4-5,10,15-16,18-20,24,31-32H,2-3,6-9,11-14,17H2,1H3,(H,28,33). The highest BCUT2D eigenvalue weighted by Gasteiger charge is 2.51. The van der Waals surface area contributed by atoms with Gasteiger partial charge in [-0.2, -0.15) is 0 Å².